The molecule has 1 amide bonds. The molecule has 76 valence electrons. The van der Waals surface area contributed by atoms with Crippen LogP contribution in [-0.4, -0.2) is 10.7 Å². The van der Waals surface area contributed by atoms with Gasteiger partial charge in [-0.25, -0.2) is 0 Å². The lowest BCUT2D eigenvalue weighted by molar-refractivity contribution is -0.117. The van der Waals surface area contributed by atoms with Crippen LogP contribution in [-0.2, 0) is 11.2 Å². The number of hydrogen-bond donors (Lipinski definition) is 1. The Morgan fingerprint density at radius 1 is 1.50 bits per heavy atom. The summed E-state index contributed by atoms with van der Waals surface area (Å²) < 4.78 is 0. The molecule has 1 rings (SSSR count). The Labute approximate surface area is 92.6 Å². The zero-order chi connectivity index (χ0) is 10.7. The molecule has 1 aromatic rings. The lowest BCUT2D eigenvalue weighted by Crippen LogP contribution is -2.25. The number of amides is 1. The second-order valence-electron chi connectivity index (χ2n) is 3.50. The van der Waals surface area contributed by atoms with Crippen molar-refractivity contribution in [1.82, 2.24) is 0 Å². The van der Waals surface area contributed by atoms with Crippen LogP contribution in [0.25, 0.3) is 0 Å². The predicted octanol–water partition coefficient (Wildman–Crippen LogP) is 2.09. The summed E-state index contributed by atoms with van der Waals surface area (Å²) in [5, 5.41) is 0. The first-order valence-corrected chi connectivity index (χ1v) is 5.42. The molecule has 14 heavy (non-hydrogen) atoms. The minimum absolute atomic E-state index is 0.274. The lowest BCUT2D eigenvalue weighted by Gasteiger charge is -2.09. The number of halogens is 1. The quantitative estimate of drug-likeness (QED) is 0.827. The second-order valence-corrected chi connectivity index (χ2v) is 4.61. The van der Waals surface area contributed by atoms with Gasteiger partial charge in [0.1, 0.15) is 0 Å². The number of carbonyl (C=O) groups is 1. The van der Waals surface area contributed by atoms with Gasteiger partial charge in [-0.2, -0.15) is 0 Å². The van der Waals surface area contributed by atoms with Crippen molar-refractivity contribution >= 4 is 21.8 Å². The Kier molecular flexibility index (Phi) is 3.69. The monoisotopic (exact) mass is 255 g/mol. The van der Waals surface area contributed by atoms with Gasteiger partial charge in [0.2, 0.25) is 5.91 Å². The molecule has 3 heteroatoms. The van der Waals surface area contributed by atoms with Gasteiger partial charge in [0.05, 0.1) is 4.83 Å². The molecule has 0 aliphatic heterocycles. The van der Waals surface area contributed by atoms with Gasteiger partial charge in [-0.15, -0.1) is 0 Å². The Morgan fingerprint density at radius 3 is 2.64 bits per heavy atom. The largest absolute Gasteiger partial charge is 0.369 e. The highest BCUT2D eigenvalue weighted by atomic mass is 79.9. The fraction of sp³-hybridized carbons (Fsp3) is 0.364. The summed E-state index contributed by atoms with van der Waals surface area (Å²) in [5.41, 5.74) is 8.78. The molecule has 0 bridgehead atoms. The van der Waals surface area contributed by atoms with Crippen LogP contribution >= 0.6 is 15.9 Å². The van der Waals surface area contributed by atoms with Gasteiger partial charge in [0, 0.05) is 0 Å². The smallest absolute Gasteiger partial charge is 0.231 e. The van der Waals surface area contributed by atoms with Gasteiger partial charge in [0.25, 0.3) is 0 Å². The van der Waals surface area contributed by atoms with E-state index in [-0.39, 0.29) is 10.7 Å². The van der Waals surface area contributed by atoms with Gasteiger partial charge < -0.3 is 5.73 Å². The minimum Gasteiger partial charge on any atom is -0.369 e. The van der Waals surface area contributed by atoms with E-state index in [9.17, 15) is 4.79 Å². The van der Waals surface area contributed by atoms with Crippen molar-refractivity contribution in [3.63, 3.8) is 0 Å². The van der Waals surface area contributed by atoms with Crippen LogP contribution in [0.1, 0.15) is 16.7 Å². The van der Waals surface area contributed by atoms with Crippen molar-refractivity contribution in [3.05, 3.63) is 34.9 Å². The maximum Gasteiger partial charge on any atom is 0.231 e. The van der Waals surface area contributed by atoms with E-state index in [0.29, 0.717) is 6.42 Å². The molecular formula is C11H14BrNO. The normalized spacial score (nSPS) is 12.5. The summed E-state index contributed by atoms with van der Waals surface area (Å²) in [6.45, 7) is 4.10. The highest BCUT2D eigenvalue weighted by Gasteiger charge is 2.12. The molecule has 2 nitrogen and oxygen atoms in total. The average molecular weight is 256 g/mol. The van der Waals surface area contributed by atoms with Crippen LogP contribution in [0.5, 0.6) is 0 Å². The molecule has 0 spiro atoms. The molecule has 0 aliphatic carbocycles. The van der Waals surface area contributed by atoms with E-state index in [1.54, 1.807) is 0 Å². The van der Waals surface area contributed by atoms with Crippen LogP contribution in [0.15, 0.2) is 18.2 Å². The Hall–Kier alpha value is -0.830. The SMILES string of the molecule is Cc1ccc(CC(Br)C(N)=O)c(C)c1. The van der Waals surface area contributed by atoms with E-state index in [1.807, 2.05) is 19.1 Å². The molecule has 0 saturated heterocycles. The fourth-order valence-corrected chi connectivity index (χ4v) is 1.72. The van der Waals surface area contributed by atoms with E-state index in [1.165, 1.54) is 11.1 Å². The van der Waals surface area contributed by atoms with Crippen LogP contribution in [0.4, 0.5) is 0 Å². The first kappa shape index (κ1) is 11.2. The molecular weight excluding hydrogens is 242 g/mol. The number of hydrogen-bond acceptors (Lipinski definition) is 1. The van der Waals surface area contributed by atoms with Crippen molar-refractivity contribution in [2.45, 2.75) is 25.1 Å². The second kappa shape index (κ2) is 4.60. The van der Waals surface area contributed by atoms with Crippen molar-refractivity contribution in [3.8, 4) is 0 Å². The van der Waals surface area contributed by atoms with E-state index in [0.717, 1.165) is 5.56 Å². The fourth-order valence-electron chi connectivity index (χ4n) is 1.37. The van der Waals surface area contributed by atoms with Crippen molar-refractivity contribution < 1.29 is 4.79 Å². The molecule has 0 heterocycles. The Balaban J connectivity index is 2.82. The maximum atomic E-state index is 10.9. The van der Waals surface area contributed by atoms with Crippen molar-refractivity contribution in [1.29, 1.82) is 0 Å². The summed E-state index contributed by atoms with van der Waals surface area (Å²) in [7, 11) is 0. The van der Waals surface area contributed by atoms with Crippen LogP contribution in [0, 0.1) is 13.8 Å². The van der Waals surface area contributed by atoms with Crippen molar-refractivity contribution in [2.75, 3.05) is 0 Å². The number of aryl methyl sites for hydroxylation is 2. The highest BCUT2D eigenvalue weighted by Crippen LogP contribution is 2.15. The van der Waals surface area contributed by atoms with Crippen molar-refractivity contribution in [2.24, 2.45) is 5.73 Å². The summed E-state index contributed by atoms with van der Waals surface area (Å²) in [6.07, 6.45) is 0.654. The zero-order valence-electron chi connectivity index (χ0n) is 8.38. The van der Waals surface area contributed by atoms with Gasteiger partial charge in [0.15, 0.2) is 0 Å². The number of alkyl halides is 1. The number of benzene rings is 1. The van der Waals surface area contributed by atoms with E-state index in [2.05, 4.69) is 28.9 Å². The molecule has 0 radical (unpaired) electrons. The third-order valence-electron chi connectivity index (χ3n) is 2.21. The first-order chi connectivity index (χ1) is 6.50. The lowest BCUT2D eigenvalue weighted by atomic mass is 10.0. The standard InChI is InChI=1S/C11H14BrNO/c1-7-3-4-9(8(2)5-7)6-10(12)11(13)14/h3-5,10H,6H2,1-2H3,(H2,13,14). The molecule has 0 saturated carbocycles. The average Bonchev–Trinajstić information content (AvgIpc) is 2.09. The molecule has 1 atom stereocenters. The minimum atomic E-state index is -0.315. The van der Waals surface area contributed by atoms with Gasteiger partial charge in [-0.3, -0.25) is 4.79 Å². The highest BCUT2D eigenvalue weighted by molar-refractivity contribution is 9.10. The maximum absolute atomic E-state index is 10.9. The van der Waals surface area contributed by atoms with E-state index < -0.39 is 0 Å². The topological polar surface area (TPSA) is 43.1 Å². The third-order valence-corrected chi connectivity index (χ3v) is 2.98. The number of rotatable bonds is 3. The zero-order valence-corrected chi connectivity index (χ0v) is 9.97. The van der Waals surface area contributed by atoms with Gasteiger partial charge >= 0.3 is 0 Å². The third kappa shape index (κ3) is 2.84. The summed E-state index contributed by atoms with van der Waals surface area (Å²) in [6, 6.07) is 6.20. The first-order valence-electron chi connectivity index (χ1n) is 4.50. The van der Waals surface area contributed by atoms with E-state index in [4.69, 9.17) is 5.73 Å². The number of primary amides is 1. The molecule has 0 aliphatic rings. The summed E-state index contributed by atoms with van der Waals surface area (Å²) >= 11 is 3.26. The predicted molar refractivity (Wildman–Crippen MR) is 61.5 cm³/mol. The molecule has 0 fully saturated rings. The van der Waals surface area contributed by atoms with Crippen LogP contribution in [0.2, 0.25) is 0 Å². The van der Waals surface area contributed by atoms with Gasteiger partial charge in [-0.05, 0) is 31.4 Å². The number of carbonyl (C=O) groups excluding carboxylic acids is 1. The number of nitrogens with two attached hydrogens (primary N) is 1. The molecule has 2 N–H and O–H groups in total. The van der Waals surface area contributed by atoms with Crippen LogP contribution in [0.3, 0.4) is 0 Å². The molecule has 1 aromatic carbocycles. The Bertz CT molecular complexity index is 349. The molecule has 0 aromatic heterocycles. The molecule has 1 unspecified atom stereocenters. The van der Waals surface area contributed by atoms with Gasteiger partial charge in [-0.1, -0.05) is 39.7 Å². The summed E-state index contributed by atoms with van der Waals surface area (Å²) in [5.74, 6) is -0.315. The summed E-state index contributed by atoms with van der Waals surface area (Å²) in [4.78, 5) is 10.6. The van der Waals surface area contributed by atoms with E-state index >= 15 is 0 Å². The van der Waals surface area contributed by atoms with Crippen LogP contribution < -0.4 is 5.73 Å². The Morgan fingerprint density at radius 2 is 2.14 bits per heavy atom.